The molecule has 0 spiro atoms. The summed E-state index contributed by atoms with van der Waals surface area (Å²) in [7, 11) is 0. The van der Waals surface area contributed by atoms with Crippen LogP contribution in [-0.4, -0.2) is 44.8 Å². The maximum atomic E-state index is 12.5. The molecule has 112 valence electrons. The normalized spacial score (nSPS) is 21.2. The van der Waals surface area contributed by atoms with E-state index in [0.29, 0.717) is 18.2 Å². The molecule has 2 atom stereocenters. The molecule has 0 saturated carbocycles. The van der Waals surface area contributed by atoms with Gasteiger partial charge in [-0.1, -0.05) is 13.8 Å². The topological polar surface area (TPSA) is 69.2 Å². The molecule has 0 bridgehead atoms. The smallest absolute Gasteiger partial charge is 0.274 e. The molecular formula is C15H25N3O2. The average Bonchev–Trinajstić information content (AvgIpc) is 2.85. The van der Waals surface area contributed by atoms with Gasteiger partial charge in [-0.25, -0.2) is 0 Å². The van der Waals surface area contributed by atoms with E-state index >= 15 is 0 Å². The zero-order valence-corrected chi connectivity index (χ0v) is 12.6. The fourth-order valence-electron chi connectivity index (χ4n) is 2.87. The number of carbonyl (C=O) groups is 1. The van der Waals surface area contributed by atoms with Gasteiger partial charge < -0.3 is 10.0 Å². The lowest BCUT2D eigenvalue weighted by Gasteiger charge is -2.37. The lowest BCUT2D eigenvalue weighted by atomic mass is 9.97. The van der Waals surface area contributed by atoms with E-state index in [-0.39, 0.29) is 11.9 Å². The highest BCUT2D eigenvalue weighted by Gasteiger charge is 2.31. The van der Waals surface area contributed by atoms with E-state index in [0.717, 1.165) is 31.4 Å². The zero-order valence-electron chi connectivity index (χ0n) is 12.6. The molecule has 20 heavy (non-hydrogen) atoms. The van der Waals surface area contributed by atoms with Gasteiger partial charge >= 0.3 is 0 Å². The first kappa shape index (κ1) is 15.0. The fourth-order valence-corrected chi connectivity index (χ4v) is 2.87. The second-order valence-corrected chi connectivity index (χ2v) is 6.18. The number of nitrogens with zero attached hydrogens (tertiary/aromatic N) is 2. The summed E-state index contributed by atoms with van der Waals surface area (Å²) in [6.45, 7) is 6.73. The van der Waals surface area contributed by atoms with Gasteiger partial charge in [-0.3, -0.25) is 9.89 Å². The highest BCUT2D eigenvalue weighted by Crippen LogP contribution is 2.22. The number of carbonyl (C=O) groups excluding carboxylic acids is 1. The molecule has 0 unspecified atom stereocenters. The van der Waals surface area contributed by atoms with Gasteiger partial charge in [0.05, 0.1) is 12.1 Å². The number of likely N-dealkylation sites (tertiary alicyclic amines) is 1. The molecule has 1 saturated heterocycles. The summed E-state index contributed by atoms with van der Waals surface area (Å²) in [4.78, 5) is 14.3. The monoisotopic (exact) mass is 279 g/mol. The molecule has 0 aliphatic carbocycles. The second kappa shape index (κ2) is 6.39. The van der Waals surface area contributed by atoms with E-state index in [1.807, 2.05) is 6.07 Å². The van der Waals surface area contributed by atoms with Crippen molar-refractivity contribution in [3.8, 4) is 0 Å². The van der Waals surface area contributed by atoms with Crippen molar-refractivity contribution in [2.75, 3.05) is 6.54 Å². The number of rotatable bonds is 4. The van der Waals surface area contributed by atoms with Crippen molar-refractivity contribution in [1.29, 1.82) is 0 Å². The molecule has 1 fully saturated rings. The summed E-state index contributed by atoms with van der Waals surface area (Å²) < 4.78 is 0. The number of hydrogen-bond acceptors (Lipinski definition) is 3. The molecular weight excluding hydrogens is 254 g/mol. The van der Waals surface area contributed by atoms with Crippen molar-refractivity contribution in [2.24, 2.45) is 5.92 Å². The largest absolute Gasteiger partial charge is 0.391 e. The van der Waals surface area contributed by atoms with E-state index in [1.165, 1.54) is 0 Å². The first-order chi connectivity index (χ1) is 9.49. The van der Waals surface area contributed by atoms with Crippen LogP contribution in [0.2, 0.25) is 0 Å². The predicted octanol–water partition coefficient (Wildman–Crippen LogP) is 1.98. The molecule has 1 aliphatic rings. The van der Waals surface area contributed by atoms with E-state index in [4.69, 9.17) is 0 Å². The third-order valence-corrected chi connectivity index (χ3v) is 3.85. The number of aromatic amines is 1. The molecule has 2 N–H and O–H groups in total. The molecule has 1 aromatic rings. The minimum atomic E-state index is -0.492. The number of aliphatic hydroxyl groups excluding tert-OH is 1. The van der Waals surface area contributed by atoms with Crippen molar-refractivity contribution in [3.63, 3.8) is 0 Å². The van der Waals surface area contributed by atoms with Gasteiger partial charge in [-0.05, 0) is 44.6 Å². The lowest BCUT2D eigenvalue weighted by molar-refractivity contribution is 0.0276. The van der Waals surface area contributed by atoms with Crippen molar-refractivity contribution in [2.45, 2.75) is 58.6 Å². The number of piperidine rings is 1. The Bertz CT molecular complexity index is 454. The van der Waals surface area contributed by atoms with E-state index in [1.54, 1.807) is 11.8 Å². The number of nitrogens with one attached hydrogen (secondary N) is 1. The molecule has 2 heterocycles. The Morgan fingerprint density at radius 1 is 1.50 bits per heavy atom. The molecule has 1 amide bonds. The van der Waals surface area contributed by atoms with E-state index < -0.39 is 6.10 Å². The third-order valence-electron chi connectivity index (χ3n) is 3.85. The molecule has 2 rings (SSSR count). The Morgan fingerprint density at radius 2 is 2.25 bits per heavy atom. The van der Waals surface area contributed by atoms with Gasteiger partial charge in [0.1, 0.15) is 5.69 Å². The van der Waals surface area contributed by atoms with Crippen molar-refractivity contribution >= 4 is 5.91 Å². The van der Waals surface area contributed by atoms with Crippen LogP contribution < -0.4 is 0 Å². The maximum Gasteiger partial charge on any atom is 0.274 e. The Kier molecular flexibility index (Phi) is 4.81. The van der Waals surface area contributed by atoms with Crippen LogP contribution >= 0.6 is 0 Å². The Morgan fingerprint density at radius 3 is 2.90 bits per heavy atom. The van der Waals surface area contributed by atoms with Crippen molar-refractivity contribution in [1.82, 2.24) is 15.1 Å². The van der Waals surface area contributed by atoms with Gasteiger partial charge in [0, 0.05) is 12.2 Å². The Hall–Kier alpha value is -1.36. The summed E-state index contributed by atoms with van der Waals surface area (Å²) in [5, 5.41) is 16.9. The summed E-state index contributed by atoms with van der Waals surface area (Å²) in [5.74, 6) is 0.459. The fraction of sp³-hybridized carbons (Fsp3) is 0.733. The SMILES string of the molecule is CC(C)Cc1cc(C(=O)N2CCCC[C@H]2[C@H](C)O)n[nH]1. The second-order valence-electron chi connectivity index (χ2n) is 6.18. The summed E-state index contributed by atoms with van der Waals surface area (Å²) in [6, 6.07) is 1.76. The Labute approximate surface area is 120 Å². The van der Waals surface area contributed by atoms with Crippen molar-refractivity contribution < 1.29 is 9.90 Å². The van der Waals surface area contributed by atoms with Crippen LogP contribution in [0.5, 0.6) is 0 Å². The predicted molar refractivity (Wildman–Crippen MR) is 77.5 cm³/mol. The zero-order chi connectivity index (χ0) is 14.7. The molecule has 0 radical (unpaired) electrons. The van der Waals surface area contributed by atoms with Gasteiger partial charge in [-0.15, -0.1) is 0 Å². The van der Waals surface area contributed by atoms with E-state index in [2.05, 4.69) is 24.0 Å². The van der Waals surface area contributed by atoms with E-state index in [9.17, 15) is 9.90 Å². The number of amides is 1. The molecule has 5 heteroatoms. The van der Waals surface area contributed by atoms with Crippen LogP contribution in [0.1, 0.15) is 56.2 Å². The highest BCUT2D eigenvalue weighted by atomic mass is 16.3. The summed E-state index contributed by atoms with van der Waals surface area (Å²) in [6.07, 6.45) is 3.33. The van der Waals surface area contributed by atoms with Crippen LogP contribution in [0.25, 0.3) is 0 Å². The van der Waals surface area contributed by atoms with Crippen molar-refractivity contribution in [3.05, 3.63) is 17.5 Å². The number of hydrogen-bond donors (Lipinski definition) is 2. The van der Waals surface area contributed by atoms with Gasteiger partial charge in [0.25, 0.3) is 5.91 Å². The third kappa shape index (κ3) is 3.39. The van der Waals surface area contributed by atoms with Crippen LogP contribution in [0.15, 0.2) is 6.07 Å². The van der Waals surface area contributed by atoms with Crippen LogP contribution in [0.4, 0.5) is 0 Å². The van der Waals surface area contributed by atoms with Crippen LogP contribution in [-0.2, 0) is 6.42 Å². The summed E-state index contributed by atoms with van der Waals surface area (Å²) >= 11 is 0. The minimum Gasteiger partial charge on any atom is -0.391 e. The van der Waals surface area contributed by atoms with Crippen LogP contribution in [0, 0.1) is 5.92 Å². The standard InChI is InChI=1S/C15H25N3O2/c1-10(2)8-12-9-13(17-16-12)15(20)18-7-5-4-6-14(18)11(3)19/h9-11,14,19H,4-8H2,1-3H3,(H,16,17)/t11-,14-/m0/s1. The Balaban J connectivity index is 2.10. The highest BCUT2D eigenvalue weighted by molar-refractivity contribution is 5.92. The van der Waals surface area contributed by atoms with Crippen LogP contribution in [0.3, 0.4) is 0 Å². The number of aliphatic hydroxyl groups is 1. The number of aromatic nitrogens is 2. The minimum absolute atomic E-state index is 0.0677. The summed E-state index contributed by atoms with van der Waals surface area (Å²) in [5.41, 5.74) is 1.46. The lowest BCUT2D eigenvalue weighted by Crippen LogP contribution is -2.49. The van der Waals surface area contributed by atoms with Gasteiger partial charge in [0.15, 0.2) is 0 Å². The molecule has 5 nitrogen and oxygen atoms in total. The first-order valence-corrected chi connectivity index (χ1v) is 7.52. The molecule has 0 aromatic carbocycles. The van der Waals surface area contributed by atoms with Gasteiger partial charge in [-0.2, -0.15) is 5.10 Å². The molecule has 1 aromatic heterocycles. The number of H-pyrrole nitrogens is 1. The van der Waals surface area contributed by atoms with Gasteiger partial charge in [0.2, 0.25) is 0 Å². The first-order valence-electron chi connectivity index (χ1n) is 7.52. The molecule has 1 aliphatic heterocycles. The maximum absolute atomic E-state index is 12.5. The average molecular weight is 279 g/mol. The quantitative estimate of drug-likeness (QED) is 0.885.